The highest BCUT2D eigenvalue weighted by atomic mass is 16.4. The summed E-state index contributed by atoms with van der Waals surface area (Å²) in [7, 11) is 0. The fourth-order valence-corrected chi connectivity index (χ4v) is 2.17. The van der Waals surface area contributed by atoms with Crippen LogP contribution in [-0.2, 0) is 4.79 Å². The first-order chi connectivity index (χ1) is 10.9. The molecule has 0 unspecified atom stereocenters. The molecule has 4 nitrogen and oxygen atoms in total. The number of carbonyl (C=O) groups is 2. The highest BCUT2D eigenvalue weighted by Gasteiger charge is 2.12. The minimum atomic E-state index is -1.07. The number of carboxylic acid groups (broad SMARTS) is 1. The van der Waals surface area contributed by atoms with Gasteiger partial charge in [-0.25, -0.2) is 4.79 Å². The summed E-state index contributed by atoms with van der Waals surface area (Å²) in [6, 6.07) is 12.3. The van der Waals surface area contributed by atoms with Crippen molar-refractivity contribution in [3.63, 3.8) is 0 Å². The van der Waals surface area contributed by atoms with Crippen LogP contribution in [0, 0.1) is 13.8 Å². The molecule has 0 aromatic heterocycles. The molecule has 2 aromatic rings. The Balaban J connectivity index is 2.22. The third-order valence-corrected chi connectivity index (χ3v) is 3.68. The zero-order valence-electron chi connectivity index (χ0n) is 13.4. The third kappa shape index (κ3) is 4.07. The largest absolute Gasteiger partial charge is 0.478 e. The molecule has 2 N–H and O–H groups in total. The molecule has 2 rings (SSSR count). The van der Waals surface area contributed by atoms with Gasteiger partial charge in [-0.3, -0.25) is 4.79 Å². The molecule has 0 spiro atoms. The maximum absolute atomic E-state index is 12.3. The van der Waals surface area contributed by atoms with Crippen LogP contribution in [0.25, 0.3) is 6.08 Å². The zero-order chi connectivity index (χ0) is 17.0. The van der Waals surface area contributed by atoms with E-state index < -0.39 is 5.97 Å². The molecular weight excluding hydrogens is 290 g/mol. The Morgan fingerprint density at radius 3 is 2.39 bits per heavy atom. The van der Waals surface area contributed by atoms with Crippen molar-refractivity contribution in [3.05, 3.63) is 70.3 Å². The summed E-state index contributed by atoms with van der Waals surface area (Å²) in [4.78, 5) is 23.4. The molecule has 118 valence electrons. The Kier molecular flexibility index (Phi) is 4.96. The van der Waals surface area contributed by atoms with E-state index in [4.69, 9.17) is 5.11 Å². The predicted molar refractivity (Wildman–Crippen MR) is 91.6 cm³/mol. The topological polar surface area (TPSA) is 66.4 Å². The molecule has 23 heavy (non-hydrogen) atoms. The number of hydrogen-bond donors (Lipinski definition) is 2. The van der Waals surface area contributed by atoms with Crippen LogP contribution >= 0.6 is 0 Å². The maximum Gasteiger partial charge on any atom is 0.337 e. The predicted octanol–water partition coefficient (Wildman–Crippen LogP) is 4.04. The van der Waals surface area contributed by atoms with E-state index in [0.717, 1.165) is 11.1 Å². The molecule has 0 aliphatic heterocycles. The standard InChI is InChI=1S/C19H19NO3/c1-12-8-9-15(10-13(12)2)11-14(3)18(21)20-17-7-5-4-6-16(17)19(22)23/h4-11H,1-3H3,(H,20,21)(H,22,23)/b14-11+. The molecule has 2 aromatic carbocycles. The SMILES string of the molecule is C/C(=C\c1ccc(C)c(C)c1)C(=O)Nc1ccccc1C(=O)O. The van der Waals surface area contributed by atoms with Crippen molar-refractivity contribution in [2.24, 2.45) is 0 Å². The van der Waals surface area contributed by atoms with Crippen molar-refractivity contribution in [1.82, 2.24) is 0 Å². The summed E-state index contributed by atoms with van der Waals surface area (Å²) in [6.45, 7) is 5.75. The average molecular weight is 309 g/mol. The van der Waals surface area contributed by atoms with Crippen molar-refractivity contribution in [3.8, 4) is 0 Å². The lowest BCUT2D eigenvalue weighted by Crippen LogP contribution is -2.15. The molecule has 0 radical (unpaired) electrons. The van der Waals surface area contributed by atoms with Gasteiger partial charge >= 0.3 is 5.97 Å². The van der Waals surface area contributed by atoms with Crippen LogP contribution in [0.15, 0.2) is 48.0 Å². The van der Waals surface area contributed by atoms with Crippen LogP contribution in [0.5, 0.6) is 0 Å². The molecule has 0 aliphatic carbocycles. The lowest BCUT2D eigenvalue weighted by molar-refractivity contribution is -0.112. The van der Waals surface area contributed by atoms with Crippen molar-refractivity contribution in [2.45, 2.75) is 20.8 Å². The second-order valence-electron chi connectivity index (χ2n) is 5.48. The van der Waals surface area contributed by atoms with Gasteiger partial charge in [-0.05, 0) is 55.7 Å². The summed E-state index contributed by atoms with van der Waals surface area (Å²) in [5.74, 6) is -1.39. The van der Waals surface area contributed by atoms with E-state index >= 15 is 0 Å². The van der Waals surface area contributed by atoms with Crippen LogP contribution in [0.3, 0.4) is 0 Å². The highest BCUT2D eigenvalue weighted by Crippen LogP contribution is 2.17. The molecule has 0 saturated heterocycles. The highest BCUT2D eigenvalue weighted by molar-refractivity contribution is 6.09. The number of amides is 1. The van der Waals surface area contributed by atoms with Crippen LogP contribution in [-0.4, -0.2) is 17.0 Å². The van der Waals surface area contributed by atoms with Gasteiger partial charge in [0.05, 0.1) is 11.3 Å². The van der Waals surface area contributed by atoms with Gasteiger partial charge in [0.1, 0.15) is 0 Å². The number of nitrogens with one attached hydrogen (secondary N) is 1. The van der Waals surface area contributed by atoms with Crippen molar-refractivity contribution < 1.29 is 14.7 Å². The van der Waals surface area contributed by atoms with E-state index in [1.165, 1.54) is 11.6 Å². The van der Waals surface area contributed by atoms with Gasteiger partial charge in [-0.15, -0.1) is 0 Å². The zero-order valence-corrected chi connectivity index (χ0v) is 13.4. The van der Waals surface area contributed by atoms with Gasteiger partial charge in [0.2, 0.25) is 0 Å². The van der Waals surface area contributed by atoms with Crippen molar-refractivity contribution in [2.75, 3.05) is 5.32 Å². The molecule has 0 atom stereocenters. The molecule has 0 saturated carbocycles. The first kappa shape index (κ1) is 16.5. The number of anilines is 1. The van der Waals surface area contributed by atoms with Gasteiger partial charge < -0.3 is 10.4 Å². The number of hydrogen-bond acceptors (Lipinski definition) is 2. The number of para-hydroxylation sites is 1. The Bertz CT molecular complexity index is 791. The Hall–Kier alpha value is -2.88. The normalized spacial score (nSPS) is 11.2. The quantitative estimate of drug-likeness (QED) is 0.838. The number of carboxylic acids is 1. The first-order valence-corrected chi connectivity index (χ1v) is 7.27. The molecule has 0 heterocycles. The second-order valence-corrected chi connectivity index (χ2v) is 5.48. The molecule has 0 bridgehead atoms. The summed E-state index contributed by atoms with van der Waals surface area (Å²) in [5, 5.41) is 11.8. The fourth-order valence-electron chi connectivity index (χ4n) is 2.17. The van der Waals surface area contributed by atoms with Gasteiger partial charge in [0.25, 0.3) is 5.91 Å². The van der Waals surface area contributed by atoms with E-state index in [-0.39, 0.29) is 17.2 Å². The van der Waals surface area contributed by atoms with Gasteiger partial charge in [-0.2, -0.15) is 0 Å². The minimum absolute atomic E-state index is 0.0693. The first-order valence-electron chi connectivity index (χ1n) is 7.27. The lowest BCUT2D eigenvalue weighted by Gasteiger charge is -2.09. The number of rotatable bonds is 4. The molecule has 0 aliphatic rings. The summed E-state index contributed by atoms with van der Waals surface area (Å²) >= 11 is 0. The smallest absolute Gasteiger partial charge is 0.337 e. The lowest BCUT2D eigenvalue weighted by atomic mass is 10.0. The maximum atomic E-state index is 12.3. The monoisotopic (exact) mass is 309 g/mol. The Morgan fingerprint density at radius 1 is 1.04 bits per heavy atom. The average Bonchev–Trinajstić information content (AvgIpc) is 2.51. The number of carbonyl (C=O) groups excluding carboxylic acids is 1. The van der Waals surface area contributed by atoms with Crippen LogP contribution in [0.2, 0.25) is 0 Å². The van der Waals surface area contributed by atoms with Gasteiger partial charge in [0.15, 0.2) is 0 Å². The van der Waals surface area contributed by atoms with E-state index in [1.807, 2.05) is 32.0 Å². The molecular formula is C19H19NO3. The van der Waals surface area contributed by atoms with Gasteiger partial charge in [-0.1, -0.05) is 30.3 Å². The minimum Gasteiger partial charge on any atom is -0.478 e. The van der Waals surface area contributed by atoms with E-state index in [9.17, 15) is 9.59 Å². The number of benzene rings is 2. The Morgan fingerprint density at radius 2 is 1.74 bits per heavy atom. The summed E-state index contributed by atoms with van der Waals surface area (Å²) in [5.41, 5.74) is 4.15. The molecule has 0 fully saturated rings. The van der Waals surface area contributed by atoms with E-state index in [0.29, 0.717) is 5.57 Å². The number of aromatic carboxylic acids is 1. The summed E-state index contributed by atoms with van der Waals surface area (Å²) < 4.78 is 0. The molecule has 4 heteroatoms. The van der Waals surface area contributed by atoms with E-state index in [1.54, 1.807) is 31.2 Å². The second kappa shape index (κ2) is 6.92. The van der Waals surface area contributed by atoms with Crippen molar-refractivity contribution >= 4 is 23.6 Å². The van der Waals surface area contributed by atoms with Crippen LogP contribution in [0.4, 0.5) is 5.69 Å². The molecule has 1 amide bonds. The van der Waals surface area contributed by atoms with Crippen LogP contribution in [0.1, 0.15) is 34.0 Å². The fraction of sp³-hybridized carbons (Fsp3) is 0.158. The Labute approximate surface area is 135 Å². The van der Waals surface area contributed by atoms with E-state index in [2.05, 4.69) is 5.32 Å². The van der Waals surface area contributed by atoms with Crippen LogP contribution < -0.4 is 5.32 Å². The van der Waals surface area contributed by atoms with Gasteiger partial charge in [0, 0.05) is 5.57 Å². The summed E-state index contributed by atoms with van der Waals surface area (Å²) in [6.07, 6.45) is 1.78. The van der Waals surface area contributed by atoms with Crippen molar-refractivity contribution in [1.29, 1.82) is 0 Å². The third-order valence-electron chi connectivity index (χ3n) is 3.68. The number of aryl methyl sites for hydroxylation is 2.